The number of hydrogen-bond acceptors (Lipinski definition) is 4. The van der Waals surface area contributed by atoms with E-state index in [1.54, 1.807) is 12.1 Å². The Kier molecular flexibility index (Phi) is 3.22. The predicted molar refractivity (Wildman–Crippen MR) is 60.6 cm³/mol. The normalized spacial score (nSPS) is 16.8. The summed E-state index contributed by atoms with van der Waals surface area (Å²) in [5, 5.41) is 0. The molecule has 2 rings (SSSR count). The van der Waals surface area contributed by atoms with Crippen LogP contribution in [0.15, 0.2) is 30.3 Å². The van der Waals surface area contributed by atoms with Crippen LogP contribution < -0.4 is 11.3 Å². The van der Waals surface area contributed by atoms with Crippen LogP contribution in [0.5, 0.6) is 0 Å². The Morgan fingerprint density at radius 1 is 1.38 bits per heavy atom. The van der Waals surface area contributed by atoms with Crippen LogP contribution in [0.25, 0.3) is 0 Å². The van der Waals surface area contributed by atoms with Gasteiger partial charge in [0.25, 0.3) is 0 Å². The summed E-state index contributed by atoms with van der Waals surface area (Å²) in [5.41, 5.74) is 3.32. The lowest BCUT2D eigenvalue weighted by atomic mass is 10.1. The maximum atomic E-state index is 11.6. The highest BCUT2D eigenvalue weighted by molar-refractivity contribution is 5.89. The smallest absolute Gasteiger partial charge is 0.338 e. The first-order chi connectivity index (χ1) is 7.76. The Morgan fingerprint density at radius 2 is 2.06 bits per heavy atom. The number of nitrogens with one attached hydrogen (secondary N) is 1. The van der Waals surface area contributed by atoms with E-state index < -0.39 is 0 Å². The molecule has 0 spiro atoms. The second kappa shape index (κ2) is 4.63. The lowest BCUT2D eigenvalue weighted by Gasteiger charge is -2.14. The number of esters is 1. The Hall–Kier alpha value is -1.39. The van der Waals surface area contributed by atoms with Crippen LogP contribution in [0.2, 0.25) is 0 Å². The summed E-state index contributed by atoms with van der Waals surface area (Å²) in [5.74, 6) is 5.02. The largest absolute Gasteiger partial charge is 0.461 e. The van der Waals surface area contributed by atoms with Crippen molar-refractivity contribution in [2.75, 3.05) is 13.2 Å². The quantitative estimate of drug-likeness (QED) is 0.443. The molecule has 0 saturated heterocycles. The van der Waals surface area contributed by atoms with Gasteiger partial charge in [-0.05, 0) is 25.0 Å². The van der Waals surface area contributed by atoms with Gasteiger partial charge in [-0.25, -0.2) is 4.79 Å². The zero-order valence-electron chi connectivity index (χ0n) is 9.11. The summed E-state index contributed by atoms with van der Waals surface area (Å²) in [6.07, 6.45) is 2.14. The van der Waals surface area contributed by atoms with Crippen LogP contribution in [0.3, 0.4) is 0 Å². The van der Waals surface area contributed by atoms with Crippen LogP contribution in [0.1, 0.15) is 23.2 Å². The summed E-state index contributed by atoms with van der Waals surface area (Å²) in [6.45, 7) is 1.15. The van der Waals surface area contributed by atoms with Crippen molar-refractivity contribution < 1.29 is 9.53 Å². The summed E-state index contributed by atoms with van der Waals surface area (Å²) in [6, 6.07) is 9.03. The molecule has 1 aliphatic rings. The van der Waals surface area contributed by atoms with Gasteiger partial charge in [0.1, 0.15) is 0 Å². The van der Waals surface area contributed by atoms with E-state index in [4.69, 9.17) is 10.6 Å². The van der Waals surface area contributed by atoms with E-state index in [-0.39, 0.29) is 11.4 Å². The number of carbonyl (C=O) groups is 1. The summed E-state index contributed by atoms with van der Waals surface area (Å²) < 4.78 is 5.27. The van der Waals surface area contributed by atoms with Gasteiger partial charge in [-0.2, -0.15) is 0 Å². The number of hydrazine groups is 1. The van der Waals surface area contributed by atoms with Crippen LogP contribution in [0, 0.1) is 5.41 Å². The van der Waals surface area contributed by atoms with Crippen molar-refractivity contribution in [3.8, 4) is 0 Å². The van der Waals surface area contributed by atoms with Crippen molar-refractivity contribution in [2.24, 2.45) is 11.3 Å². The minimum Gasteiger partial charge on any atom is -0.461 e. The standard InChI is InChI=1S/C12H16N2O2/c13-14-8-12(6-7-12)9-16-11(15)10-4-2-1-3-5-10/h1-5,14H,6-9,13H2. The van der Waals surface area contributed by atoms with Crippen molar-refractivity contribution >= 4 is 5.97 Å². The van der Waals surface area contributed by atoms with E-state index in [9.17, 15) is 4.79 Å². The van der Waals surface area contributed by atoms with Gasteiger partial charge in [-0.1, -0.05) is 18.2 Å². The highest BCUT2D eigenvalue weighted by Crippen LogP contribution is 2.45. The van der Waals surface area contributed by atoms with E-state index in [0.29, 0.717) is 18.7 Å². The fourth-order valence-corrected chi connectivity index (χ4v) is 1.64. The average Bonchev–Trinajstić information content (AvgIpc) is 3.08. The molecule has 4 heteroatoms. The van der Waals surface area contributed by atoms with E-state index in [1.165, 1.54) is 0 Å². The molecule has 1 aliphatic carbocycles. The summed E-state index contributed by atoms with van der Waals surface area (Å²) in [4.78, 5) is 11.6. The maximum Gasteiger partial charge on any atom is 0.338 e. The van der Waals surface area contributed by atoms with Gasteiger partial charge in [0, 0.05) is 12.0 Å². The van der Waals surface area contributed by atoms with Gasteiger partial charge in [0.2, 0.25) is 0 Å². The first kappa shape index (κ1) is 11.1. The molecule has 3 N–H and O–H groups in total. The first-order valence-corrected chi connectivity index (χ1v) is 5.41. The van der Waals surface area contributed by atoms with Gasteiger partial charge in [0.15, 0.2) is 0 Å². The lowest BCUT2D eigenvalue weighted by Crippen LogP contribution is -2.32. The molecule has 0 atom stereocenters. The van der Waals surface area contributed by atoms with Crippen molar-refractivity contribution in [3.63, 3.8) is 0 Å². The summed E-state index contributed by atoms with van der Waals surface area (Å²) >= 11 is 0. The summed E-state index contributed by atoms with van der Waals surface area (Å²) in [7, 11) is 0. The van der Waals surface area contributed by atoms with Crippen molar-refractivity contribution in [3.05, 3.63) is 35.9 Å². The number of carbonyl (C=O) groups excluding carboxylic acids is 1. The average molecular weight is 220 g/mol. The number of nitrogens with two attached hydrogens (primary N) is 1. The molecule has 86 valence electrons. The molecule has 1 fully saturated rings. The molecule has 0 radical (unpaired) electrons. The second-order valence-electron chi connectivity index (χ2n) is 4.32. The molecule has 0 heterocycles. The van der Waals surface area contributed by atoms with Crippen LogP contribution in [0.4, 0.5) is 0 Å². The third-order valence-corrected chi connectivity index (χ3v) is 2.95. The van der Waals surface area contributed by atoms with Crippen molar-refractivity contribution in [1.29, 1.82) is 0 Å². The maximum absolute atomic E-state index is 11.6. The van der Waals surface area contributed by atoms with E-state index in [2.05, 4.69) is 5.43 Å². The number of rotatable bonds is 5. The van der Waals surface area contributed by atoms with Crippen molar-refractivity contribution in [1.82, 2.24) is 5.43 Å². The second-order valence-corrected chi connectivity index (χ2v) is 4.32. The Balaban J connectivity index is 1.85. The van der Waals surface area contributed by atoms with E-state index >= 15 is 0 Å². The van der Waals surface area contributed by atoms with Crippen LogP contribution >= 0.6 is 0 Å². The van der Waals surface area contributed by atoms with Gasteiger partial charge in [-0.15, -0.1) is 0 Å². The fraction of sp³-hybridized carbons (Fsp3) is 0.417. The molecule has 0 aliphatic heterocycles. The Labute approximate surface area is 94.8 Å². The zero-order chi connectivity index (χ0) is 11.4. The molecule has 4 nitrogen and oxygen atoms in total. The molecule has 1 saturated carbocycles. The highest BCUT2D eigenvalue weighted by atomic mass is 16.5. The first-order valence-electron chi connectivity index (χ1n) is 5.41. The van der Waals surface area contributed by atoms with Gasteiger partial charge < -0.3 is 4.74 Å². The number of ether oxygens (including phenoxy) is 1. The molecule has 16 heavy (non-hydrogen) atoms. The molecule has 0 unspecified atom stereocenters. The SMILES string of the molecule is NNCC1(COC(=O)c2ccccc2)CC1. The molecule has 0 amide bonds. The molecule has 1 aromatic carbocycles. The van der Waals surface area contributed by atoms with E-state index in [1.807, 2.05) is 18.2 Å². The van der Waals surface area contributed by atoms with Crippen LogP contribution in [-0.4, -0.2) is 19.1 Å². The minimum absolute atomic E-state index is 0.0825. The zero-order valence-corrected chi connectivity index (χ0v) is 9.11. The molecular formula is C12H16N2O2. The van der Waals surface area contributed by atoms with Crippen LogP contribution in [-0.2, 0) is 4.74 Å². The molecule has 0 aromatic heterocycles. The van der Waals surface area contributed by atoms with Gasteiger partial charge in [-0.3, -0.25) is 11.3 Å². The molecule has 0 bridgehead atoms. The van der Waals surface area contributed by atoms with Crippen molar-refractivity contribution in [2.45, 2.75) is 12.8 Å². The highest BCUT2D eigenvalue weighted by Gasteiger charge is 2.43. The minimum atomic E-state index is -0.260. The van der Waals surface area contributed by atoms with Gasteiger partial charge in [0.05, 0.1) is 12.2 Å². The number of benzene rings is 1. The fourth-order valence-electron chi connectivity index (χ4n) is 1.64. The molecule has 1 aromatic rings. The monoisotopic (exact) mass is 220 g/mol. The third-order valence-electron chi connectivity index (χ3n) is 2.95. The number of hydrogen-bond donors (Lipinski definition) is 2. The topological polar surface area (TPSA) is 64.3 Å². The predicted octanol–water partition coefficient (Wildman–Crippen LogP) is 1.09. The Bertz CT molecular complexity index is 361. The third kappa shape index (κ3) is 2.59. The molecular weight excluding hydrogens is 204 g/mol. The Morgan fingerprint density at radius 3 is 2.62 bits per heavy atom. The van der Waals surface area contributed by atoms with Gasteiger partial charge >= 0.3 is 5.97 Å². The lowest BCUT2D eigenvalue weighted by molar-refractivity contribution is 0.0416. The van der Waals surface area contributed by atoms with E-state index in [0.717, 1.165) is 12.8 Å².